The number of aromatic nitrogens is 3. The van der Waals surface area contributed by atoms with Crippen molar-refractivity contribution in [2.24, 2.45) is 0 Å². The highest BCUT2D eigenvalue weighted by atomic mass is 16.2. The molecular weight excluding hydrogens is 264 g/mol. The second-order valence-corrected chi connectivity index (χ2v) is 5.69. The molecule has 21 heavy (non-hydrogen) atoms. The maximum Gasteiger partial charge on any atom is 0.274 e. The van der Waals surface area contributed by atoms with E-state index in [-0.39, 0.29) is 11.9 Å². The molecule has 1 aliphatic rings. The van der Waals surface area contributed by atoms with Crippen LogP contribution in [0.2, 0.25) is 0 Å². The van der Waals surface area contributed by atoms with E-state index < -0.39 is 0 Å². The summed E-state index contributed by atoms with van der Waals surface area (Å²) < 4.78 is 0. The molecule has 1 aliphatic carbocycles. The molecule has 0 saturated heterocycles. The Bertz CT molecular complexity index is 662. The summed E-state index contributed by atoms with van der Waals surface area (Å²) in [7, 11) is 0. The van der Waals surface area contributed by atoms with Gasteiger partial charge >= 0.3 is 0 Å². The van der Waals surface area contributed by atoms with E-state index in [0.29, 0.717) is 11.4 Å². The lowest BCUT2D eigenvalue weighted by molar-refractivity contribution is 0.0934. The fourth-order valence-corrected chi connectivity index (χ4v) is 2.87. The van der Waals surface area contributed by atoms with Crippen molar-refractivity contribution in [1.29, 1.82) is 0 Å². The van der Waals surface area contributed by atoms with Crippen molar-refractivity contribution in [3.63, 3.8) is 0 Å². The van der Waals surface area contributed by atoms with E-state index >= 15 is 0 Å². The molecule has 0 saturated carbocycles. The standard InChI is InChI=1S/C16H20N4O/c1-10(17-16(21)15-11(2)18-20-19-15)13-8-7-12-5-3-4-6-14(12)9-13/h7-10H,3-6H2,1-2H3,(H,17,21)(H,18,19,20). The topological polar surface area (TPSA) is 70.7 Å². The Morgan fingerprint density at radius 2 is 2.00 bits per heavy atom. The van der Waals surface area contributed by atoms with Crippen LogP contribution in [0.15, 0.2) is 18.2 Å². The van der Waals surface area contributed by atoms with Crippen LogP contribution in [-0.4, -0.2) is 21.3 Å². The zero-order valence-corrected chi connectivity index (χ0v) is 12.4. The molecule has 5 heteroatoms. The minimum atomic E-state index is -0.188. The fourth-order valence-electron chi connectivity index (χ4n) is 2.87. The first-order valence-electron chi connectivity index (χ1n) is 7.45. The average molecular weight is 284 g/mol. The van der Waals surface area contributed by atoms with Crippen molar-refractivity contribution in [2.45, 2.75) is 45.6 Å². The lowest BCUT2D eigenvalue weighted by atomic mass is 9.89. The van der Waals surface area contributed by atoms with Gasteiger partial charge in [-0.2, -0.15) is 15.4 Å². The van der Waals surface area contributed by atoms with E-state index in [2.05, 4.69) is 38.9 Å². The average Bonchev–Trinajstić information content (AvgIpc) is 2.93. The summed E-state index contributed by atoms with van der Waals surface area (Å²) in [5.41, 5.74) is 5.00. The first-order valence-corrected chi connectivity index (χ1v) is 7.45. The Kier molecular flexibility index (Phi) is 3.73. The van der Waals surface area contributed by atoms with Crippen molar-refractivity contribution in [3.05, 3.63) is 46.3 Å². The number of nitrogens with zero attached hydrogens (tertiary/aromatic N) is 2. The summed E-state index contributed by atoms with van der Waals surface area (Å²) >= 11 is 0. The van der Waals surface area contributed by atoms with Crippen molar-refractivity contribution < 1.29 is 4.79 Å². The minimum absolute atomic E-state index is 0.0409. The Hall–Kier alpha value is -2.17. The number of amides is 1. The number of hydrogen-bond donors (Lipinski definition) is 2. The van der Waals surface area contributed by atoms with Gasteiger partial charge in [0.1, 0.15) is 0 Å². The first-order chi connectivity index (χ1) is 10.1. The van der Waals surface area contributed by atoms with Gasteiger partial charge in [-0.05, 0) is 56.2 Å². The molecule has 0 fully saturated rings. The van der Waals surface area contributed by atoms with Crippen molar-refractivity contribution in [1.82, 2.24) is 20.7 Å². The van der Waals surface area contributed by atoms with Crippen LogP contribution in [0, 0.1) is 6.92 Å². The monoisotopic (exact) mass is 284 g/mol. The van der Waals surface area contributed by atoms with E-state index in [4.69, 9.17) is 0 Å². The highest BCUT2D eigenvalue weighted by Gasteiger charge is 2.17. The summed E-state index contributed by atoms with van der Waals surface area (Å²) in [6, 6.07) is 6.51. The van der Waals surface area contributed by atoms with E-state index in [9.17, 15) is 4.79 Å². The van der Waals surface area contributed by atoms with Crippen LogP contribution in [0.1, 0.15) is 58.7 Å². The zero-order valence-electron chi connectivity index (χ0n) is 12.4. The molecule has 0 spiro atoms. The summed E-state index contributed by atoms with van der Waals surface area (Å²) in [5.74, 6) is -0.188. The first kappa shape index (κ1) is 13.8. The predicted octanol–water partition coefficient (Wildman–Crippen LogP) is 2.48. The van der Waals surface area contributed by atoms with Gasteiger partial charge in [-0.1, -0.05) is 18.2 Å². The quantitative estimate of drug-likeness (QED) is 0.909. The van der Waals surface area contributed by atoms with Gasteiger partial charge in [-0.3, -0.25) is 4.79 Å². The van der Waals surface area contributed by atoms with Gasteiger partial charge in [0.15, 0.2) is 5.69 Å². The molecule has 110 valence electrons. The fraction of sp³-hybridized carbons (Fsp3) is 0.438. The summed E-state index contributed by atoms with van der Waals surface area (Å²) in [6.45, 7) is 3.76. The van der Waals surface area contributed by atoms with Crippen LogP contribution in [-0.2, 0) is 12.8 Å². The van der Waals surface area contributed by atoms with Gasteiger partial charge in [-0.15, -0.1) is 0 Å². The van der Waals surface area contributed by atoms with E-state index in [1.165, 1.54) is 30.4 Å². The highest BCUT2D eigenvalue weighted by molar-refractivity contribution is 5.93. The van der Waals surface area contributed by atoms with Crippen LogP contribution < -0.4 is 5.32 Å². The van der Waals surface area contributed by atoms with Crippen LogP contribution in [0.5, 0.6) is 0 Å². The highest BCUT2D eigenvalue weighted by Crippen LogP contribution is 2.24. The smallest absolute Gasteiger partial charge is 0.274 e. The Labute approximate surface area is 124 Å². The number of fused-ring (bicyclic) bond motifs is 1. The SMILES string of the molecule is Cc1n[nH]nc1C(=O)NC(C)c1ccc2c(c1)CCCC2. The maximum absolute atomic E-state index is 12.2. The Balaban J connectivity index is 1.75. The van der Waals surface area contributed by atoms with Gasteiger partial charge in [-0.25, -0.2) is 0 Å². The van der Waals surface area contributed by atoms with Crippen LogP contribution in [0.3, 0.4) is 0 Å². The normalized spacial score (nSPS) is 15.3. The zero-order chi connectivity index (χ0) is 14.8. The summed E-state index contributed by atoms with van der Waals surface area (Å²) in [5, 5.41) is 13.2. The van der Waals surface area contributed by atoms with Crippen molar-refractivity contribution >= 4 is 5.91 Å². The number of aryl methyl sites for hydroxylation is 3. The molecule has 2 aromatic rings. The maximum atomic E-state index is 12.2. The van der Waals surface area contributed by atoms with Gasteiger partial charge in [0.2, 0.25) is 0 Å². The molecule has 1 aromatic carbocycles. The molecular formula is C16H20N4O. The Morgan fingerprint density at radius 1 is 1.24 bits per heavy atom. The molecule has 1 heterocycles. The van der Waals surface area contributed by atoms with Gasteiger partial charge in [0, 0.05) is 0 Å². The van der Waals surface area contributed by atoms with E-state index in [1.54, 1.807) is 6.92 Å². The van der Waals surface area contributed by atoms with Gasteiger partial charge < -0.3 is 5.32 Å². The van der Waals surface area contributed by atoms with Crippen LogP contribution >= 0.6 is 0 Å². The predicted molar refractivity (Wildman–Crippen MR) is 80.1 cm³/mol. The van der Waals surface area contributed by atoms with Crippen LogP contribution in [0.25, 0.3) is 0 Å². The Morgan fingerprint density at radius 3 is 2.71 bits per heavy atom. The number of nitrogens with one attached hydrogen (secondary N) is 2. The second kappa shape index (κ2) is 5.68. The molecule has 2 N–H and O–H groups in total. The van der Waals surface area contributed by atoms with Crippen molar-refractivity contribution in [2.75, 3.05) is 0 Å². The lowest BCUT2D eigenvalue weighted by Crippen LogP contribution is -2.27. The summed E-state index contributed by atoms with van der Waals surface area (Å²) in [6.07, 6.45) is 4.86. The van der Waals surface area contributed by atoms with E-state index in [0.717, 1.165) is 12.0 Å². The molecule has 0 bridgehead atoms. The molecule has 1 atom stereocenters. The minimum Gasteiger partial charge on any atom is -0.344 e. The molecule has 1 amide bonds. The largest absolute Gasteiger partial charge is 0.344 e. The third kappa shape index (κ3) is 2.82. The molecule has 5 nitrogen and oxygen atoms in total. The number of benzene rings is 1. The molecule has 3 rings (SSSR count). The number of rotatable bonds is 3. The molecule has 0 radical (unpaired) electrons. The van der Waals surface area contributed by atoms with Gasteiger partial charge in [0.05, 0.1) is 11.7 Å². The lowest BCUT2D eigenvalue weighted by Gasteiger charge is -2.19. The third-order valence-electron chi connectivity index (χ3n) is 4.16. The molecule has 0 aliphatic heterocycles. The number of carbonyl (C=O) groups excluding carboxylic acids is 1. The molecule has 1 aromatic heterocycles. The third-order valence-corrected chi connectivity index (χ3v) is 4.16. The number of hydrogen-bond acceptors (Lipinski definition) is 3. The van der Waals surface area contributed by atoms with E-state index in [1.807, 2.05) is 6.92 Å². The molecule has 1 unspecified atom stereocenters. The van der Waals surface area contributed by atoms with Crippen molar-refractivity contribution in [3.8, 4) is 0 Å². The summed E-state index contributed by atoms with van der Waals surface area (Å²) in [4.78, 5) is 12.2. The van der Waals surface area contributed by atoms with Crippen LogP contribution in [0.4, 0.5) is 0 Å². The number of H-pyrrole nitrogens is 1. The second-order valence-electron chi connectivity index (χ2n) is 5.69. The number of aromatic amines is 1. The van der Waals surface area contributed by atoms with Gasteiger partial charge in [0.25, 0.3) is 5.91 Å². The number of carbonyl (C=O) groups is 1.